The summed E-state index contributed by atoms with van der Waals surface area (Å²) in [6, 6.07) is 2.84. The van der Waals surface area contributed by atoms with Crippen molar-refractivity contribution in [1.82, 2.24) is 9.55 Å². The summed E-state index contributed by atoms with van der Waals surface area (Å²) >= 11 is 0. The quantitative estimate of drug-likeness (QED) is 0.762. The lowest BCUT2D eigenvalue weighted by atomic mass is 10.3. The molecule has 0 bridgehead atoms. The number of pyridine rings is 1. The second-order valence-corrected chi connectivity index (χ2v) is 3.35. The Balaban J connectivity index is 2.32. The van der Waals surface area contributed by atoms with Crippen LogP contribution in [0, 0.1) is 0 Å². The van der Waals surface area contributed by atoms with Gasteiger partial charge >= 0.3 is 5.97 Å². The van der Waals surface area contributed by atoms with Crippen molar-refractivity contribution in [2.75, 3.05) is 0 Å². The predicted molar refractivity (Wildman–Crippen MR) is 55.3 cm³/mol. The van der Waals surface area contributed by atoms with Crippen LogP contribution >= 0.6 is 0 Å². The molecule has 5 nitrogen and oxygen atoms in total. The second kappa shape index (κ2) is 3.70. The Morgan fingerprint density at radius 1 is 1.60 bits per heavy atom. The van der Waals surface area contributed by atoms with Gasteiger partial charge in [-0.05, 0) is 12.1 Å². The number of aromatic nitrogens is 2. The Labute approximate surface area is 86.1 Å². The van der Waals surface area contributed by atoms with E-state index >= 15 is 0 Å². The van der Waals surface area contributed by atoms with Gasteiger partial charge in [-0.3, -0.25) is 9.78 Å². The minimum absolute atomic E-state index is 0.267. The van der Waals surface area contributed by atoms with Gasteiger partial charge < -0.3 is 15.4 Å². The van der Waals surface area contributed by atoms with Gasteiger partial charge in [0.1, 0.15) is 6.04 Å². The van der Waals surface area contributed by atoms with E-state index in [9.17, 15) is 4.79 Å². The summed E-state index contributed by atoms with van der Waals surface area (Å²) in [4.78, 5) is 14.6. The molecule has 2 heterocycles. The van der Waals surface area contributed by atoms with Crippen LogP contribution < -0.4 is 5.73 Å². The van der Waals surface area contributed by atoms with E-state index in [1.54, 1.807) is 12.4 Å². The number of nitrogens with zero attached hydrogens (tertiary/aromatic N) is 2. The Morgan fingerprint density at radius 3 is 3.13 bits per heavy atom. The number of hydrogen-bond acceptors (Lipinski definition) is 3. The number of carbonyl (C=O) groups is 1. The van der Waals surface area contributed by atoms with E-state index in [0.717, 1.165) is 10.9 Å². The average Bonchev–Trinajstić information content (AvgIpc) is 2.62. The highest BCUT2D eigenvalue weighted by atomic mass is 16.4. The lowest BCUT2D eigenvalue weighted by molar-refractivity contribution is -0.138. The summed E-state index contributed by atoms with van der Waals surface area (Å²) in [5.74, 6) is -0.995. The average molecular weight is 205 g/mol. The van der Waals surface area contributed by atoms with Gasteiger partial charge in [-0.2, -0.15) is 0 Å². The maximum atomic E-state index is 10.6. The number of carboxylic acid groups (broad SMARTS) is 1. The second-order valence-electron chi connectivity index (χ2n) is 3.35. The Kier molecular flexibility index (Phi) is 2.39. The van der Waals surface area contributed by atoms with Gasteiger partial charge in [-0.15, -0.1) is 0 Å². The van der Waals surface area contributed by atoms with E-state index in [1.807, 2.05) is 22.9 Å². The molecule has 0 unspecified atom stereocenters. The minimum atomic E-state index is -0.995. The van der Waals surface area contributed by atoms with Gasteiger partial charge in [0.05, 0.1) is 5.52 Å². The fourth-order valence-corrected chi connectivity index (χ4v) is 1.49. The molecule has 0 saturated carbocycles. The Hall–Kier alpha value is -1.88. The molecule has 2 aromatic rings. The van der Waals surface area contributed by atoms with Crippen LogP contribution in [0.5, 0.6) is 0 Å². The minimum Gasteiger partial charge on any atom is -0.480 e. The normalized spacial score (nSPS) is 12.9. The highest BCUT2D eigenvalue weighted by Gasteiger charge is 2.12. The summed E-state index contributed by atoms with van der Waals surface area (Å²) < 4.78 is 1.82. The van der Waals surface area contributed by atoms with E-state index in [2.05, 4.69) is 4.98 Å². The monoisotopic (exact) mass is 205 g/mol. The molecular weight excluding hydrogens is 194 g/mol. The van der Waals surface area contributed by atoms with Crippen LogP contribution in [0.2, 0.25) is 0 Å². The molecule has 1 atom stereocenters. The van der Waals surface area contributed by atoms with E-state index in [0.29, 0.717) is 0 Å². The van der Waals surface area contributed by atoms with Crippen LogP contribution in [0.25, 0.3) is 10.9 Å². The zero-order valence-electron chi connectivity index (χ0n) is 8.00. The molecule has 0 saturated heterocycles. The lowest BCUT2D eigenvalue weighted by Gasteiger charge is -2.08. The number of hydrogen-bond donors (Lipinski definition) is 2. The van der Waals surface area contributed by atoms with Crippen molar-refractivity contribution in [3.63, 3.8) is 0 Å². The third-order valence-electron chi connectivity index (χ3n) is 2.28. The maximum Gasteiger partial charge on any atom is 0.322 e. The van der Waals surface area contributed by atoms with Gasteiger partial charge in [0.25, 0.3) is 0 Å². The number of rotatable bonds is 3. The molecule has 2 rings (SSSR count). The standard InChI is InChI=1S/C10H11N3O2/c11-8(10(14)15)6-13-4-2-7-5-12-3-1-9(7)13/h1-5,8H,6,11H2,(H,14,15)/t8-/m0/s1. The van der Waals surface area contributed by atoms with Crippen LogP contribution in [-0.4, -0.2) is 26.7 Å². The molecule has 78 valence electrons. The number of fused-ring (bicyclic) bond motifs is 1. The highest BCUT2D eigenvalue weighted by Crippen LogP contribution is 2.13. The van der Waals surface area contributed by atoms with Crippen molar-refractivity contribution >= 4 is 16.9 Å². The van der Waals surface area contributed by atoms with Crippen molar-refractivity contribution < 1.29 is 9.90 Å². The zero-order valence-corrected chi connectivity index (χ0v) is 8.00. The molecule has 3 N–H and O–H groups in total. The van der Waals surface area contributed by atoms with Crippen molar-refractivity contribution in [2.45, 2.75) is 12.6 Å². The van der Waals surface area contributed by atoms with E-state index < -0.39 is 12.0 Å². The number of nitrogens with two attached hydrogens (primary N) is 1. The van der Waals surface area contributed by atoms with Crippen LogP contribution in [-0.2, 0) is 11.3 Å². The fraction of sp³-hybridized carbons (Fsp3) is 0.200. The van der Waals surface area contributed by atoms with Crippen molar-refractivity contribution in [3.05, 3.63) is 30.7 Å². The SMILES string of the molecule is N[C@@H](Cn1ccc2cnccc21)C(=O)O. The molecule has 0 spiro atoms. The van der Waals surface area contributed by atoms with E-state index in [4.69, 9.17) is 10.8 Å². The third-order valence-corrected chi connectivity index (χ3v) is 2.28. The van der Waals surface area contributed by atoms with Gasteiger partial charge in [-0.1, -0.05) is 0 Å². The molecule has 0 aliphatic heterocycles. The van der Waals surface area contributed by atoms with Gasteiger partial charge in [0, 0.05) is 30.5 Å². The molecule has 0 aliphatic rings. The van der Waals surface area contributed by atoms with E-state index in [1.165, 1.54) is 0 Å². The molecule has 15 heavy (non-hydrogen) atoms. The number of aliphatic carboxylic acids is 1. The smallest absolute Gasteiger partial charge is 0.322 e. The lowest BCUT2D eigenvalue weighted by Crippen LogP contribution is -2.34. The predicted octanol–water partition coefficient (Wildman–Crippen LogP) is 0.448. The first-order valence-corrected chi connectivity index (χ1v) is 4.56. The summed E-state index contributed by atoms with van der Waals surface area (Å²) in [5.41, 5.74) is 6.41. The first-order valence-electron chi connectivity index (χ1n) is 4.56. The molecule has 2 aromatic heterocycles. The van der Waals surface area contributed by atoms with Crippen LogP contribution in [0.3, 0.4) is 0 Å². The van der Waals surface area contributed by atoms with Crippen molar-refractivity contribution in [2.24, 2.45) is 5.73 Å². The molecule has 5 heteroatoms. The Morgan fingerprint density at radius 2 is 2.40 bits per heavy atom. The first-order chi connectivity index (χ1) is 7.18. The molecule has 0 fully saturated rings. The summed E-state index contributed by atoms with van der Waals surface area (Å²) in [6.45, 7) is 0.267. The summed E-state index contributed by atoms with van der Waals surface area (Å²) in [6.07, 6.45) is 5.22. The topological polar surface area (TPSA) is 81.1 Å². The molecule has 0 aromatic carbocycles. The fourth-order valence-electron chi connectivity index (χ4n) is 1.49. The summed E-state index contributed by atoms with van der Waals surface area (Å²) in [5, 5.41) is 9.68. The van der Waals surface area contributed by atoms with E-state index in [-0.39, 0.29) is 6.54 Å². The van der Waals surface area contributed by atoms with Crippen molar-refractivity contribution in [3.8, 4) is 0 Å². The molecular formula is C10H11N3O2. The van der Waals surface area contributed by atoms with Crippen LogP contribution in [0.15, 0.2) is 30.7 Å². The van der Waals surface area contributed by atoms with Crippen LogP contribution in [0.1, 0.15) is 0 Å². The van der Waals surface area contributed by atoms with Gasteiger partial charge in [0.15, 0.2) is 0 Å². The Bertz CT molecular complexity index is 492. The van der Waals surface area contributed by atoms with Crippen LogP contribution in [0.4, 0.5) is 0 Å². The molecule has 0 amide bonds. The third kappa shape index (κ3) is 1.82. The van der Waals surface area contributed by atoms with Crippen molar-refractivity contribution in [1.29, 1.82) is 0 Å². The van der Waals surface area contributed by atoms with Gasteiger partial charge in [-0.25, -0.2) is 0 Å². The van der Waals surface area contributed by atoms with Gasteiger partial charge in [0.2, 0.25) is 0 Å². The molecule has 0 aliphatic carbocycles. The highest BCUT2D eigenvalue weighted by molar-refractivity contribution is 5.79. The summed E-state index contributed by atoms with van der Waals surface area (Å²) in [7, 11) is 0. The first kappa shape index (κ1) is 9.67. The molecule has 0 radical (unpaired) electrons. The maximum absolute atomic E-state index is 10.6. The zero-order chi connectivity index (χ0) is 10.8. The number of carboxylic acids is 1. The largest absolute Gasteiger partial charge is 0.480 e.